The molecule has 0 spiro atoms. The van der Waals surface area contributed by atoms with Gasteiger partial charge in [-0.1, -0.05) is 36.4 Å². The molecule has 0 bridgehead atoms. The molecule has 2 fully saturated rings. The maximum Gasteiger partial charge on any atom is 0.244 e. The van der Waals surface area contributed by atoms with Crippen LogP contribution in [0.25, 0.3) is 0 Å². The van der Waals surface area contributed by atoms with Crippen molar-refractivity contribution in [2.75, 3.05) is 46.1 Å². The lowest BCUT2D eigenvalue weighted by atomic mass is 9.98. The van der Waals surface area contributed by atoms with Crippen molar-refractivity contribution >= 4 is 5.91 Å². The number of morpholine rings is 1. The van der Waals surface area contributed by atoms with E-state index in [2.05, 4.69) is 29.2 Å². The van der Waals surface area contributed by atoms with Crippen molar-refractivity contribution in [2.24, 2.45) is 0 Å². The average molecular weight is 408 g/mol. The number of rotatable bonds is 4. The molecule has 2 saturated heterocycles. The van der Waals surface area contributed by atoms with Gasteiger partial charge in [0.05, 0.1) is 13.2 Å². The van der Waals surface area contributed by atoms with Gasteiger partial charge in [0.25, 0.3) is 0 Å². The second-order valence-corrected chi connectivity index (χ2v) is 8.05. The summed E-state index contributed by atoms with van der Waals surface area (Å²) in [5.74, 6) is 1.79. The van der Waals surface area contributed by atoms with Gasteiger partial charge < -0.3 is 19.1 Å². The van der Waals surface area contributed by atoms with E-state index in [1.165, 1.54) is 5.56 Å². The van der Waals surface area contributed by atoms with E-state index in [0.29, 0.717) is 39.5 Å². The molecule has 5 rings (SSSR count). The standard InChI is InChI=1S/C24H28N2O4/c27-24(25-11-13-28-14-12-25)23(18-5-2-1-3-6-18)26-10-4-7-20(26)19-8-9-21-22(17-19)30-16-15-29-21/h1-3,5-6,8-9,17,20,23H,4,7,10-16H2. The molecule has 3 aliphatic rings. The highest BCUT2D eigenvalue weighted by Crippen LogP contribution is 2.42. The maximum atomic E-state index is 13.7. The normalized spacial score (nSPS) is 22.7. The summed E-state index contributed by atoms with van der Waals surface area (Å²) >= 11 is 0. The van der Waals surface area contributed by atoms with Crippen LogP contribution in [-0.2, 0) is 9.53 Å². The Kier molecular flexibility index (Phi) is 5.60. The van der Waals surface area contributed by atoms with Crippen molar-refractivity contribution < 1.29 is 19.0 Å². The van der Waals surface area contributed by atoms with Crippen molar-refractivity contribution in [1.29, 1.82) is 0 Å². The van der Waals surface area contributed by atoms with E-state index >= 15 is 0 Å². The van der Waals surface area contributed by atoms with Gasteiger partial charge in [0.2, 0.25) is 5.91 Å². The molecule has 6 nitrogen and oxygen atoms in total. The predicted molar refractivity (Wildman–Crippen MR) is 113 cm³/mol. The first-order chi connectivity index (χ1) is 14.8. The number of carbonyl (C=O) groups is 1. The van der Waals surface area contributed by atoms with Crippen molar-refractivity contribution in [3.63, 3.8) is 0 Å². The minimum Gasteiger partial charge on any atom is -0.486 e. The van der Waals surface area contributed by atoms with Gasteiger partial charge in [0.1, 0.15) is 19.3 Å². The quantitative estimate of drug-likeness (QED) is 0.778. The highest BCUT2D eigenvalue weighted by Gasteiger charge is 2.39. The highest BCUT2D eigenvalue weighted by atomic mass is 16.6. The summed E-state index contributed by atoms with van der Waals surface area (Å²) in [5.41, 5.74) is 2.24. The van der Waals surface area contributed by atoms with Gasteiger partial charge in [-0.15, -0.1) is 0 Å². The molecule has 0 aromatic heterocycles. The molecular weight excluding hydrogens is 380 g/mol. The van der Waals surface area contributed by atoms with Crippen molar-refractivity contribution in [1.82, 2.24) is 9.80 Å². The fourth-order valence-corrected chi connectivity index (χ4v) is 4.79. The summed E-state index contributed by atoms with van der Waals surface area (Å²) in [6, 6.07) is 16.3. The minimum atomic E-state index is -0.287. The number of hydrogen-bond donors (Lipinski definition) is 0. The van der Waals surface area contributed by atoms with E-state index < -0.39 is 0 Å². The Morgan fingerprint density at radius 2 is 1.67 bits per heavy atom. The second kappa shape index (κ2) is 8.66. The monoisotopic (exact) mass is 408 g/mol. The van der Waals surface area contributed by atoms with Crippen LogP contribution in [0.4, 0.5) is 0 Å². The topological polar surface area (TPSA) is 51.2 Å². The molecule has 6 heteroatoms. The molecule has 0 saturated carbocycles. The van der Waals surface area contributed by atoms with Gasteiger partial charge in [0, 0.05) is 19.1 Å². The summed E-state index contributed by atoms with van der Waals surface area (Å²) in [7, 11) is 0. The molecule has 30 heavy (non-hydrogen) atoms. The van der Waals surface area contributed by atoms with Crippen LogP contribution in [0.5, 0.6) is 11.5 Å². The lowest BCUT2D eigenvalue weighted by Gasteiger charge is -2.37. The Balaban J connectivity index is 1.47. The van der Waals surface area contributed by atoms with E-state index in [1.807, 2.05) is 29.2 Å². The number of amides is 1. The van der Waals surface area contributed by atoms with Crippen LogP contribution in [0.15, 0.2) is 48.5 Å². The fraction of sp³-hybridized carbons (Fsp3) is 0.458. The van der Waals surface area contributed by atoms with Crippen LogP contribution in [-0.4, -0.2) is 61.8 Å². The van der Waals surface area contributed by atoms with Crippen molar-refractivity contribution in [3.05, 3.63) is 59.7 Å². The Labute approximate surface area is 177 Å². The van der Waals surface area contributed by atoms with E-state index in [0.717, 1.165) is 36.4 Å². The zero-order valence-electron chi connectivity index (χ0n) is 17.2. The lowest BCUT2D eigenvalue weighted by Crippen LogP contribution is -2.47. The lowest BCUT2D eigenvalue weighted by molar-refractivity contribution is -0.142. The Morgan fingerprint density at radius 3 is 2.47 bits per heavy atom. The molecule has 2 unspecified atom stereocenters. The molecule has 2 aromatic carbocycles. The number of hydrogen-bond acceptors (Lipinski definition) is 5. The van der Waals surface area contributed by atoms with Gasteiger partial charge >= 0.3 is 0 Å². The van der Waals surface area contributed by atoms with Gasteiger partial charge in [-0.25, -0.2) is 0 Å². The first-order valence-corrected chi connectivity index (χ1v) is 10.9. The third kappa shape index (κ3) is 3.77. The fourth-order valence-electron chi connectivity index (χ4n) is 4.79. The molecule has 0 radical (unpaired) electrons. The maximum absolute atomic E-state index is 13.7. The summed E-state index contributed by atoms with van der Waals surface area (Å²) in [4.78, 5) is 18.0. The minimum absolute atomic E-state index is 0.175. The smallest absolute Gasteiger partial charge is 0.244 e. The van der Waals surface area contributed by atoms with Crippen LogP contribution >= 0.6 is 0 Å². The average Bonchev–Trinajstić information content (AvgIpc) is 3.29. The number of nitrogens with zero attached hydrogens (tertiary/aromatic N) is 2. The highest BCUT2D eigenvalue weighted by molar-refractivity contribution is 5.83. The van der Waals surface area contributed by atoms with Crippen LogP contribution in [0, 0.1) is 0 Å². The van der Waals surface area contributed by atoms with E-state index in [1.54, 1.807) is 0 Å². The van der Waals surface area contributed by atoms with Gasteiger partial charge in [0.15, 0.2) is 11.5 Å². The van der Waals surface area contributed by atoms with Crippen LogP contribution in [0.2, 0.25) is 0 Å². The molecule has 2 atom stereocenters. The van der Waals surface area contributed by atoms with Crippen LogP contribution in [0.3, 0.4) is 0 Å². The number of ether oxygens (including phenoxy) is 3. The van der Waals surface area contributed by atoms with E-state index in [4.69, 9.17) is 14.2 Å². The largest absolute Gasteiger partial charge is 0.486 e. The molecule has 3 aliphatic heterocycles. The van der Waals surface area contributed by atoms with Crippen molar-refractivity contribution in [2.45, 2.75) is 24.9 Å². The van der Waals surface area contributed by atoms with Gasteiger partial charge in [-0.05, 0) is 42.6 Å². The first-order valence-electron chi connectivity index (χ1n) is 10.9. The molecule has 3 heterocycles. The Bertz CT molecular complexity index is 882. The zero-order valence-corrected chi connectivity index (χ0v) is 17.2. The summed E-state index contributed by atoms with van der Waals surface area (Å²) < 4.78 is 17.0. The second-order valence-electron chi connectivity index (χ2n) is 8.05. The van der Waals surface area contributed by atoms with Crippen molar-refractivity contribution in [3.8, 4) is 11.5 Å². The molecule has 2 aromatic rings. The summed E-state index contributed by atoms with van der Waals surface area (Å²) in [6.45, 7) is 4.60. The third-order valence-corrected chi connectivity index (χ3v) is 6.25. The third-order valence-electron chi connectivity index (χ3n) is 6.25. The summed E-state index contributed by atoms with van der Waals surface area (Å²) in [5, 5.41) is 0. The number of benzene rings is 2. The van der Waals surface area contributed by atoms with Gasteiger partial charge in [-0.2, -0.15) is 0 Å². The van der Waals surface area contributed by atoms with E-state index in [-0.39, 0.29) is 18.0 Å². The molecule has 0 aliphatic carbocycles. The molecule has 0 N–H and O–H groups in total. The Morgan fingerprint density at radius 1 is 0.900 bits per heavy atom. The van der Waals surface area contributed by atoms with Crippen LogP contribution < -0.4 is 9.47 Å². The first kappa shape index (κ1) is 19.4. The number of likely N-dealkylation sites (tertiary alicyclic amines) is 1. The van der Waals surface area contributed by atoms with E-state index in [9.17, 15) is 4.79 Å². The Hall–Kier alpha value is -2.57. The number of carbonyl (C=O) groups excluding carboxylic acids is 1. The zero-order chi connectivity index (χ0) is 20.3. The summed E-state index contributed by atoms with van der Waals surface area (Å²) in [6.07, 6.45) is 2.10. The molecular formula is C24H28N2O4. The molecule has 158 valence electrons. The predicted octanol–water partition coefficient (Wildman–Crippen LogP) is 3.19. The SMILES string of the molecule is O=C(C(c1ccccc1)N1CCCC1c1ccc2c(c1)OCCO2)N1CCOCC1. The molecule has 1 amide bonds. The van der Waals surface area contributed by atoms with Gasteiger partial charge in [-0.3, -0.25) is 9.69 Å². The van der Waals surface area contributed by atoms with Crippen LogP contribution in [0.1, 0.15) is 36.1 Å². The number of fused-ring (bicyclic) bond motifs is 1.